The highest BCUT2D eigenvalue weighted by Gasteiger charge is 1.89. The van der Waals surface area contributed by atoms with Crippen molar-refractivity contribution in [3.63, 3.8) is 0 Å². The van der Waals surface area contributed by atoms with Crippen molar-refractivity contribution in [2.75, 3.05) is 0 Å². The zero-order valence-corrected chi connectivity index (χ0v) is 7.42. The smallest absolute Gasteiger partial charge is 0.120 e. The summed E-state index contributed by atoms with van der Waals surface area (Å²) in [6, 6.07) is 0. The van der Waals surface area contributed by atoms with Gasteiger partial charge in [0.15, 0.2) is 0 Å². The van der Waals surface area contributed by atoms with Gasteiger partial charge in [0.25, 0.3) is 0 Å². The van der Waals surface area contributed by atoms with E-state index in [2.05, 4.69) is 19.7 Å². The molecule has 0 amide bonds. The van der Waals surface area contributed by atoms with Crippen LogP contribution in [-0.4, -0.2) is 0 Å². The molecule has 0 atom stereocenters. The summed E-state index contributed by atoms with van der Waals surface area (Å²) in [7, 11) is 0. The zero-order chi connectivity index (χ0) is 9.40. The van der Waals surface area contributed by atoms with Gasteiger partial charge in [0.1, 0.15) is 11.5 Å². The third-order valence-corrected chi connectivity index (χ3v) is 1.03. The van der Waals surface area contributed by atoms with Gasteiger partial charge in [-0.15, -0.1) is 0 Å². The van der Waals surface area contributed by atoms with Gasteiger partial charge in [-0.1, -0.05) is 38.0 Å². The molecule has 0 aliphatic heterocycles. The van der Waals surface area contributed by atoms with Gasteiger partial charge in [-0.25, -0.2) is 0 Å². The molecule has 1 heteroatoms. The van der Waals surface area contributed by atoms with Crippen molar-refractivity contribution in [3.05, 3.63) is 61.6 Å². The summed E-state index contributed by atoms with van der Waals surface area (Å²) in [5.74, 6) is 1.13. The first kappa shape index (κ1) is 10.5. The number of hydrogen-bond donors (Lipinski definition) is 0. The molecule has 0 spiro atoms. The van der Waals surface area contributed by atoms with Gasteiger partial charge in [-0.2, -0.15) is 0 Å². The first-order valence-electron chi connectivity index (χ1n) is 3.68. The summed E-state index contributed by atoms with van der Waals surface area (Å²) in [6.45, 7) is 12.8. The fraction of sp³-hybridized carbons (Fsp3) is 0.0909. The maximum absolute atomic E-state index is 5.18. The maximum Gasteiger partial charge on any atom is 0.120 e. The second-order valence-electron chi connectivity index (χ2n) is 2.13. The van der Waals surface area contributed by atoms with Crippen molar-refractivity contribution in [2.45, 2.75) is 6.92 Å². The summed E-state index contributed by atoms with van der Waals surface area (Å²) < 4.78 is 5.18. The predicted octanol–water partition coefficient (Wildman–Crippen LogP) is 3.35. The molecule has 0 saturated heterocycles. The number of allylic oxidation sites excluding steroid dienone is 5. The van der Waals surface area contributed by atoms with Crippen molar-refractivity contribution in [2.24, 2.45) is 0 Å². The largest absolute Gasteiger partial charge is 0.459 e. The van der Waals surface area contributed by atoms with Crippen LogP contribution in [0.1, 0.15) is 6.92 Å². The Bertz CT molecular complexity index is 231. The van der Waals surface area contributed by atoms with Crippen LogP contribution in [0.5, 0.6) is 0 Å². The minimum Gasteiger partial charge on any atom is -0.459 e. The first-order valence-corrected chi connectivity index (χ1v) is 3.68. The van der Waals surface area contributed by atoms with Gasteiger partial charge >= 0.3 is 0 Å². The number of rotatable bonds is 5. The Kier molecular flexibility index (Phi) is 5.45. The van der Waals surface area contributed by atoms with E-state index in [0.717, 1.165) is 0 Å². The molecule has 64 valence electrons. The molecular weight excluding hydrogens is 148 g/mol. The van der Waals surface area contributed by atoms with Crippen LogP contribution in [0, 0.1) is 0 Å². The molecule has 0 saturated carbocycles. The average Bonchev–Trinajstić information content (AvgIpc) is 2.01. The lowest BCUT2D eigenvalue weighted by Crippen LogP contribution is -1.83. The third-order valence-electron chi connectivity index (χ3n) is 1.03. The maximum atomic E-state index is 5.18. The number of hydrogen-bond acceptors (Lipinski definition) is 1. The first-order chi connectivity index (χ1) is 5.70. The second kappa shape index (κ2) is 6.23. The van der Waals surface area contributed by atoms with Crippen LogP contribution in [-0.2, 0) is 4.74 Å². The van der Waals surface area contributed by atoms with E-state index in [9.17, 15) is 0 Å². The predicted molar refractivity (Wildman–Crippen MR) is 53.5 cm³/mol. The number of ether oxygens (including phenoxy) is 1. The molecule has 0 radical (unpaired) electrons. The Morgan fingerprint density at radius 3 is 2.25 bits per heavy atom. The Morgan fingerprint density at radius 2 is 1.75 bits per heavy atom. The molecule has 0 N–H and O–H groups in total. The molecule has 0 unspecified atom stereocenters. The highest BCUT2D eigenvalue weighted by molar-refractivity contribution is 5.17. The molecular formula is C11H14O. The van der Waals surface area contributed by atoms with Gasteiger partial charge in [-0.3, -0.25) is 0 Å². The van der Waals surface area contributed by atoms with Crippen LogP contribution >= 0.6 is 0 Å². The van der Waals surface area contributed by atoms with Crippen LogP contribution in [0.3, 0.4) is 0 Å². The molecule has 0 aromatic rings. The molecule has 0 aliphatic carbocycles. The summed E-state index contributed by atoms with van der Waals surface area (Å²) >= 11 is 0. The summed E-state index contributed by atoms with van der Waals surface area (Å²) in [5.41, 5.74) is 0. The van der Waals surface area contributed by atoms with E-state index < -0.39 is 0 Å². The molecule has 0 aromatic heterocycles. The Balaban J connectivity index is 3.92. The van der Waals surface area contributed by atoms with E-state index in [1.165, 1.54) is 0 Å². The van der Waals surface area contributed by atoms with Crippen molar-refractivity contribution < 1.29 is 4.74 Å². The van der Waals surface area contributed by atoms with E-state index in [0.29, 0.717) is 11.5 Å². The average molecular weight is 162 g/mol. The minimum atomic E-state index is 0.554. The van der Waals surface area contributed by atoms with Crippen molar-refractivity contribution in [1.29, 1.82) is 0 Å². The molecule has 12 heavy (non-hydrogen) atoms. The van der Waals surface area contributed by atoms with Crippen molar-refractivity contribution in [1.82, 2.24) is 0 Å². The Hall–Kier alpha value is -1.50. The summed E-state index contributed by atoms with van der Waals surface area (Å²) in [6.07, 6.45) is 8.76. The van der Waals surface area contributed by atoms with Crippen LogP contribution in [0.4, 0.5) is 0 Å². The quantitative estimate of drug-likeness (QED) is 0.445. The van der Waals surface area contributed by atoms with Crippen LogP contribution in [0.2, 0.25) is 0 Å². The van der Waals surface area contributed by atoms with Crippen molar-refractivity contribution >= 4 is 0 Å². The topological polar surface area (TPSA) is 9.23 Å². The molecule has 1 nitrogen and oxygen atoms in total. The fourth-order valence-electron chi connectivity index (χ4n) is 0.598. The lowest BCUT2D eigenvalue weighted by molar-refractivity contribution is 0.340. The monoisotopic (exact) mass is 162 g/mol. The normalized spacial score (nSPS) is 10.4. The minimum absolute atomic E-state index is 0.554. The molecule has 0 bridgehead atoms. The molecule has 0 aromatic carbocycles. The van der Waals surface area contributed by atoms with Gasteiger partial charge in [0.05, 0.1) is 0 Å². The van der Waals surface area contributed by atoms with E-state index in [1.807, 2.05) is 13.0 Å². The fourth-order valence-corrected chi connectivity index (χ4v) is 0.598. The van der Waals surface area contributed by atoms with Gasteiger partial charge in [-0.05, 0) is 19.1 Å². The van der Waals surface area contributed by atoms with Crippen molar-refractivity contribution in [3.8, 4) is 0 Å². The van der Waals surface area contributed by atoms with Crippen LogP contribution < -0.4 is 0 Å². The zero-order valence-electron chi connectivity index (χ0n) is 7.42. The van der Waals surface area contributed by atoms with E-state index >= 15 is 0 Å². The van der Waals surface area contributed by atoms with Crippen LogP contribution in [0.15, 0.2) is 61.6 Å². The second-order valence-corrected chi connectivity index (χ2v) is 2.13. The SMILES string of the molecule is C=C/C=C\C(=C)OC(=C)/C=C\C. The Morgan fingerprint density at radius 1 is 1.17 bits per heavy atom. The third kappa shape index (κ3) is 5.30. The van der Waals surface area contributed by atoms with E-state index in [1.54, 1.807) is 24.3 Å². The molecule has 0 rings (SSSR count). The Labute approximate surface area is 74.1 Å². The summed E-state index contributed by atoms with van der Waals surface area (Å²) in [4.78, 5) is 0. The molecule has 0 aliphatic rings. The highest BCUT2D eigenvalue weighted by atomic mass is 16.5. The summed E-state index contributed by atoms with van der Waals surface area (Å²) in [5, 5.41) is 0. The standard InChI is InChI=1S/C11H14O/c1-5-7-9-11(4)12-10(3)8-6-2/h5-9H,1,3-4H2,2H3/b8-6-,9-7-. The van der Waals surface area contributed by atoms with Gasteiger partial charge < -0.3 is 4.74 Å². The van der Waals surface area contributed by atoms with Gasteiger partial charge in [0, 0.05) is 0 Å². The van der Waals surface area contributed by atoms with Crippen LogP contribution in [0.25, 0.3) is 0 Å². The van der Waals surface area contributed by atoms with Gasteiger partial charge in [0.2, 0.25) is 0 Å². The molecule has 0 fully saturated rings. The molecule has 0 heterocycles. The van der Waals surface area contributed by atoms with E-state index in [-0.39, 0.29) is 0 Å². The highest BCUT2D eigenvalue weighted by Crippen LogP contribution is 2.04. The lowest BCUT2D eigenvalue weighted by Gasteiger charge is -2.02. The van der Waals surface area contributed by atoms with E-state index in [4.69, 9.17) is 4.74 Å². The lowest BCUT2D eigenvalue weighted by atomic mass is 10.4.